The highest BCUT2D eigenvalue weighted by Gasteiger charge is 2.57. The third kappa shape index (κ3) is 14.8. The molecule has 13 heteroatoms. The SMILES string of the molecule is CCCCCCCC(=O)O[C@H]1/C(=C/C(=O)OC)C[C@H]2C[C@H](CO)OC(=O)C[C@H](O)CCO[C@H](CCCc3ccc(C)cc3)C[C@@H]3CCO[C@H](/C=C/C(C)(C)[C@]1(O)O2)O3. The van der Waals surface area contributed by atoms with Crippen molar-refractivity contribution in [3.63, 3.8) is 0 Å². The topological polar surface area (TPSA) is 177 Å². The van der Waals surface area contributed by atoms with Crippen LogP contribution < -0.4 is 0 Å². The Morgan fingerprint density at radius 2 is 1.67 bits per heavy atom. The van der Waals surface area contributed by atoms with Crippen LogP contribution >= 0.6 is 0 Å². The Kier molecular flexibility index (Phi) is 19.3. The Morgan fingerprint density at radius 3 is 2.40 bits per heavy atom. The summed E-state index contributed by atoms with van der Waals surface area (Å²) in [6.45, 7) is 7.67. The fourth-order valence-electron chi connectivity index (χ4n) is 7.69. The number of hydrogen-bond acceptors (Lipinski definition) is 13. The summed E-state index contributed by atoms with van der Waals surface area (Å²) < 4.78 is 41.8. The average molecular weight is 817 g/mol. The Bertz CT molecular complexity index is 1490. The van der Waals surface area contributed by atoms with Crippen molar-refractivity contribution in [2.45, 2.75) is 173 Å². The largest absolute Gasteiger partial charge is 0.466 e. The molecule has 2 saturated heterocycles. The first-order chi connectivity index (χ1) is 27.7. The zero-order valence-corrected chi connectivity index (χ0v) is 35.2. The van der Waals surface area contributed by atoms with Crippen molar-refractivity contribution in [2.24, 2.45) is 5.41 Å². The van der Waals surface area contributed by atoms with E-state index in [1.165, 1.54) is 24.3 Å². The Balaban J connectivity index is 1.63. The van der Waals surface area contributed by atoms with E-state index in [0.717, 1.165) is 44.9 Å². The van der Waals surface area contributed by atoms with Crippen molar-refractivity contribution in [3.05, 3.63) is 59.2 Å². The summed E-state index contributed by atoms with van der Waals surface area (Å²) in [5.74, 6) is -4.27. The van der Waals surface area contributed by atoms with Crippen LogP contribution in [0.15, 0.2) is 48.1 Å². The zero-order chi connectivity index (χ0) is 42.1. The fraction of sp³-hybridized carbons (Fsp3) is 0.711. The molecule has 0 radical (unpaired) electrons. The van der Waals surface area contributed by atoms with Gasteiger partial charge in [-0.05, 0) is 75.5 Å². The summed E-state index contributed by atoms with van der Waals surface area (Å²) >= 11 is 0. The van der Waals surface area contributed by atoms with E-state index in [2.05, 4.69) is 38.1 Å². The lowest BCUT2D eigenvalue weighted by Gasteiger charge is -2.51. The summed E-state index contributed by atoms with van der Waals surface area (Å²) in [4.78, 5) is 39.1. The molecule has 1 aromatic carbocycles. The minimum atomic E-state index is -2.27. The van der Waals surface area contributed by atoms with Crippen LogP contribution in [0.1, 0.15) is 122 Å². The normalized spacial score (nSPS) is 31.1. The lowest BCUT2D eigenvalue weighted by atomic mass is 9.74. The fourth-order valence-corrected chi connectivity index (χ4v) is 7.69. The van der Waals surface area contributed by atoms with Crippen LogP contribution in [0.2, 0.25) is 0 Å². The molecule has 0 unspecified atom stereocenters. The van der Waals surface area contributed by atoms with E-state index < -0.39 is 66.4 Å². The molecule has 0 spiro atoms. The number of ether oxygens (including phenoxy) is 7. The van der Waals surface area contributed by atoms with E-state index in [-0.39, 0.29) is 56.5 Å². The number of benzene rings is 1. The van der Waals surface area contributed by atoms with Crippen molar-refractivity contribution in [3.8, 4) is 0 Å². The standard InChI is InChI=1S/C45H68O13/c1-6-7-8-9-10-14-39(48)57-43-33(26-40(49)52-5)25-37-29-38(30-46)55-41(50)27-34(47)20-23-53-35(13-11-12-32-17-15-31(2)16-18-32)28-36-21-24-54-42(56-36)19-22-44(3,4)45(43,51)58-37/h15-19,22,26,34-38,42-43,46-47,51H,6-14,20-21,23-25,27-30H2,1-5H3/b22-19+,33-26+/t34-,35-,36+,37+,38-,42+,43+,45-/m1/s1. The minimum Gasteiger partial charge on any atom is -0.466 e. The molecular formula is C45H68O13. The Morgan fingerprint density at radius 1 is 0.948 bits per heavy atom. The second kappa shape index (κ2) is 23.6. The molecule has 3 heterocycles. The van der Waals surface area contributed by atoms with Crippen LogP contribution in [0.3, 0.4) is 0 Å². The highest BCUT2D eigenvalue weighted by molar-refractivity contribution is 5.83. The molecule has 3 aliphatic heterocycles. The van der Waals surface area contributed by atoms with Crippen LogP contribution in [-0.4, -0.2) is 109 Å². The van der Waals surface area contributed by atoms with E-state index in [0.29, 0.717) is 25.9 Å². The maximum absolute atomic E-state index is 13.4. The van der Waals surface area contributed by atoms with Gasteiger partial charge in [-0.15, -0.1) is 0 Å². The molecule has 3 N–H and O–H groups in total. The quantitative estimate of drug-likeness (QED) is 0.0685. The zero-order valence-electron chi connectivity index (χ0n) is 35.2. The maximum Gasteiger partial charge on any atom is 0.330 e. The highest BCUT2D eigenvalue weighted by atomic mass is 16.7. The lowest BCUT2D eigenvalue weighted by molar-refractivity contribution is -0.327. The van der Waals surface area contributed by atoms with Crippen molar-refractivity contribution < 1.29 is 62.9 Å². The number of rotatable bonds is 13. The van der Waals surface area contributed by atoms with Crippen molar-refractivity contribution in [2.75, 3.05) is 26.9 Å². The number of aliphatic hydroxyl groups excluding tert-OH is 2. The summed E-state index contributed by atoms with van der Waals surface area (Å²) in [6, 6.07) is 8.47. The Labute approximate surface area is 344 Å². The molecule has 2 fully saturated rings. The van der Waals surface area contributed by atoms with Crippen LogP contribution in [0.4, 0.5) is 0 Å². The first kappa shape index (κ1) is 47.5. The third-order valence-electron chi connectivity index (χ3n) is 11.3. The molecule has 0 amide bonds. The molecule has 58 heavy (non-hydrogen) atoms. The number of carbonyl (C=O) groups excluding carboxylic acids is 3. The van der Waals surface area contributed by atoms with E-state index in [9.17, 15) is 29.7 Å². The number of methoxy groups -OCH3 is 1. The van der Waals surface area contributed by atoms with E-state index >= 15 is 0 Å². The number of hydrogen-bond donors (Lipinski definition) is 3. The monoisotopic (exact) mass is 816 g/mol. The number of cyclic esters (lactones) is 1. The van der Waals surface area contributed by atoms with E-state index in [1.807, 2.05) is 0 Å². The smallest absolute Gasteiger partial charge is 0.330 e. The van der Waals surface area contributed by atoms with Crippen molar-refractivity contribution in [1.29, 1.82) is 0 Å². The van der Waals surface area contributed by atoms with E-state index in [4.69, 9.17) is 33.2 Å². The first-order valence-electron chi connectivity index (χ1n) is 21.2. The van der Waals surface area contributed by atoms with Crippen LogP contribution in [0.5, 0.6) is 0 Å². The molecule has 8 atom stereocenters. The lowest BCUT2D eigenvalue weighted by Crippen LogP contribution is -2.62. The molecule has 4 rings (SSSR count). The second-order valence-electron chi connectivity index (χ2n) is 16.6. The van der Waals surface area contributed by atoms with Gasteiger partial charge < -0.3 is 48.5 Å². The predicted molar refractivity (Wildman–Crippen MR) is 215 cm³/mol. The van der Waals surface area contributed by atoms with Gasteiger partial charge in [-0.25, -0.2) is 4.79 Å². The van der Waals surface area contributed by atoms with Gasteiger partial charge in [-0.3, -0.25) is 9.59 Å². The van der Waals surface area contributed by atoms with Gasteiger partial charge in [0, 0.05) is 30.9 Å². The molecule has 326 valence electrons. The molecular weight excluding hydrogens is 748 g/mol. The maximum atomic E-state index is 13.4. The van der Waals surface area contributed by atoms with Gasteiger partial charge >= 0.3 is 17.9 Å². The summed E-state index contributed by atoms with van der Waals surface area (Å²) in [5.41, 5.74) is 1.37. The predicted octanol–water partition coefficient (Wildman–Crippen LogP) is 6.11. The van der Waals surface area contributed by atoms with Crippen molar-refractivity contribution >= 4 is 17.9 Å². The molecule has 4 bridgehead atoms. The molecule has 0 aromatic heterocycles. The van der Waals surface area contributed by atoms with E-state index in [1.54, 1.807) is 26.0 Å². The third-order valence-corrected chi connectivity index (χ3v) is 11.3. The van der Waals surface area contributed by atoms with Gasteiger partial charge in [0.25, 0.3) is 0 Å². The van der Waals surface area contributed by atoms with Gasteiger partial charge in [0.2, 0.25) is 5.79 Å². The number of fused-ring (bicyclic) bond motifs is 4. The number of unbranched alkanes of at least 4 members (excludes halogenated alkanes) is 4. The Hall–Kier alpha value is -3.17. The number of carbonyl (C=O) groups is 3. The van der Waals surface area contributed by atoms with Crippen LogP contribution in [0, 0.1) is 12.3 Å². The number of aryl methyl sites for hydroxylation is 2. The summed E-state index contributed by atoms with van der Waals surface area (Å²) in [5, 5.41) is 33.8. The van der Waals surface area contributed by atoms with Crippen molar-refractivity contribution in [1.82, 2.24) is 0 Å². The molecule has 0 saturated carbocycles. The van der Waals surface area contributed by atoms with Gasteiger partial charge in [0.15, 0.2) is 12.4 Å². The highest BCUT2D eigenvalue weighted by Crippen LogP contribution is 2.47. The average Bonchev–Trinajstić information content (AvgIpc) is 3.18. The van der Waals surface area contributed by atoms with Gasteiger partial charge in [-0.2, -0.15) is 0 Å². The van der Waals surface area contributed by atoms with Gasteiger partial charge in [-0.1, -0.05) is 82.4 Å². The van der Waals surface area contributed by atoms with Gasteiger partial charge in [0.05, 0.1) is 51.2 Å². The summed E-state index contributed by atoms with van der Waals surface area (Å²) in [6.07, 6.45) is 7.12. The summed E-state index contributed by atoms with van der Waals surface area (Å²) in [7, 11) is 1.22. The minimum absolute atomic E-state index is 0.0115. The second-order valence-corrected chi connectivity index (χ2v) is 16.6. The van der Waals surface area contributed by atoms with Crippen LogP contribution in [0.25, 0.3) is 0 Å². The molecule has 1 aromatic rings. The number of aliphatic hydroxyl groups is 3. The molecule has 13 nitrogen and oxygen atoms in total. The molecule has 3 aliphatic rings. The first-order valence-corrected chi connectivity index (χ1v) is 21.2. The number of esters is 3. The van der Waals surface area contributed by atoms with Gasteiger partial charge in [0.1, 0.15) is 6.10 Å². The molecule has 0 aliphatic carbocycles. The van der Waals surface area contributed by atoms with Crippen LogP contribution in [-0.2, 0) is 54.0 Å².